The standard InChI is InChI=1S/C25H29NO4/c1-7-17-29-20-16-12-11-15-19(20)21(22(27)26-25(5,6)24(2,3)4)30-23(28)18-13-9-8-10-14-18/h1,8-16,21H,17H2,2-6H3,(H,26,27). The zero-order chi connectivity index (χ0) is 22.4. The fourth-order valence-electron chi connectivity index (χ4n) is 2.52. The Kier molecular flexibility index (Phi) is 7.28. The van der Waals surface area contributed by atoms with Crippen molar-refractivity contribution in [3.8, 4) is 18.1 Å². The molecule has 0 aliphatic heterocycles. The van der Waals surface area contributed by atoms with Gasteiger partial charge in [0.2, 0.25) is 6.10 Å². The van der Waals surface area contributed by atoms with Gasteiger partial charge in [-0.25, -0.2) is 4.79 Å². The maximum atomic E-state index is 13.3. The minimum Gasteiger partial charge on any atom is -0.481 e. The Balaban J connectivity index is 2.42. The molecule has 1 amide bonds. The first-order valence-corrected chi connectivity index (χ1v) is 9.80. The van der Waals surface area contributed by atoms with E-state index in [4.69, 9.17) is 15.9 Å². The summed E-state index contributed by atoms with van der Waals surface area (Å²) >= 11 is 0. The van der Waals surface area contributed by atoms with Crippen molar-refractivity contribution in [2.75, 3.05) is 6.61 Å². The van der Waals surface area contributed by atoms with Crippen LogP contribution < -0.4 is 10.1 Å². The highest BCUT2D eigenvalue weighted by atomic mass is 16.5. The Labute approximate surface area is 178 Å². The molecule has 0 aliphatic carbocycles. The van der Waals surface area contributed by atoms with Crippen molar-refractivity contribution < 1.29 is 19.1 Å². The predicted octanol–water partition coefficient (Wildman–Crippen LogP) is 4.54. The third kappa shape index (κ3) is 5.64. The lowest BCUT2D eigenvalue weighted by molar-refractivity contribution is -0.133. The minimum absolute atomic E-state index is 0.0332. The second kappa shape index (κ2) is 9.49. The van der Waals surface area contributed by atoms with E-state index in [-0.39, 0.29) is 12.0 Å². The summed E-state index contributed by atoms with van der Waals surface area (Å²) in [5.41, 5.74) is -0.00155. The number of nitrogens with one attached hydrogen (secondary N) is 1. The molecule has 158 valence electrons. The quantitative estimate of drug-likeness (QED) is 0.541. The highest BCUT2D eigenvalue weighted by molar-refractivity contribution is 5.93. The van der Waals surface area contributed by atoms with E-state index in [1.54, 1.807) is 54.6 Å². The molecule has 5 nitrogen and oxygen atoms in total. The maximum Gasteiger partial charge on any atom is 0.339 e. The molecule has 0 radical (unpaired) electrons. The summed E-state index contributed by atoms with van der Waals surface area (Å²) in [7, 11) is 0. The van der Waals surface area contributed by atoms with Crippen LogP contribution in [0.25, 0.3) is 0 Å². The molecule has 1 unspecified atom stereocenters. The van der Waals surface area contributed by atoms with Crippen LogP contribution >= 0.6 is 0 Å². The molecule has 0 fully saturated rings. The number of rotatable bonds is 7. The summed E-state index contributed by atoms with van der Waals surface area (Å²) in [6.07, 6.45) is 4.11. The fourth-order valence-corrected chi connectivity index (χ4v) is 2.52. The van der Waals surface area contributed by atoms with E-state index in [9.17, 15) is 9.59 Å². The monoisotopic (exact) mass is 407 g/mol. The number of carbonyl (C=O) groups is 2. The molecule has 2 rings (SSSR count). The molecule has 30 heavy (non-hydrogen) atoms. The second-order valence-electron chi connectivity index (χ2n) is 8.55. The highest BCUT2D eigenvalue weighted by Gasteiger charge is 2.38. The van der Waals surface area contributed by atoms with Crippen molar-refractivity contribution >= 4 is 11.9 Å². The summed E-state index contributed by atoms with van der Waals surface area (Å²) in [4.78, 5) is 26.1. The van der Waals surface area contributed by atoms with Crippen LogP contribution in [0.2, 0.25) is 0 Å². The Bertz CT molecular complexity index is 920. The van der Waals surface area contributed by atoms with Crippen molar-refractivity contribution in [3.05, 3.63) is 65.7 Å². The number of ether oxygens (including phenoxy) is 2. The van der Waals surface area contributed by atoms with Gasteiger partial charge in [0.05, 0.1) is 5.56 Å². The number of hydrogen-bond donors (Lipinski definition) is 1. The first kappa shape index (κ1) is 23.0. The van der Waals surface area contributed by atoms with Crippen molar-refractivity contribution in [2.45, 2.75) is 46.3 Å². The Morgan fingerprint density at radius 3 is 2.20 bits per heavy atom. The Morgan fingerprint density at radius 2 is 1.60 bits per heavy atom. The van der Waals surface area contributed by atoms with Gasteiger partial charge in [-0.15, -0.1) is 6.42 Å². The van der Waals surface area contributed by atoms with Crippen LogP contribution in [0.15, 0.2) is 54.6 Å². The molecule has 0 aromatic heterocycles. The van der Waals surface area contributed by atoms with Crippen molar-refractivity contribution in [1.82, 2.24) is 5.32 Å². The number of carbonyl (C=O) groups excluding carboxylic acids is 2. The number of benzene rings is 2. The molecule has 0 spiro atoms. The molecule has 0 saturated carbocycles. The van der Waals surface area contributed by atoms with Crippen molar-refractivity contribution in [1.29, 1.82) is 0 Å². The first-order chi connectivity index (χ1) is 14.1. The van der Waals surface area contributed by atoms with Gasteiger partial charge in [0.15, 0.2) is 0 Å². The maximum absolute atomic E-state index is 13.3. The lowest BCUT2D eigenvalue weighted by atomic mass is 9.76. The fraction of sp³-hybridized carbons (Fsp3) is 0.360. The number of hydrogen-bond acceptors (Lipinski definition) is 4. The molecule has 2 aromatic rings. The van der Waals surface area contributed by atoms with Gasteiger partial charge in [-0.1, -0.05) is 63.1 Å². The van der Waals surface area contributed by atoms with E-state index >= 15 is 0 Å². The molecule has 5 heteroatoms. The van der Waals surface area contributed by atoms with E-state index in [1.165, 1.54) is 0 Å². The van der Waals surface area contributed by atoms with Crippen molar-refractivity contribution in [2.24, 2.45) is 5.41 Å². The van der Waals surface area contributed by atoms with Gasteiger partial charge in [0.25, 0.3) is 5.91 Å². The average Bonchev–Trinajstić information content (AvgIpc) is 2.70. The van der Waals surface area contributed by atoms with E-state index in [2.05, 4.69) is 11.2 Å². The zero-order valence-corrected chi connectivity index (χ0v) is 18.2. The summed E-state index contributed by atoms with van der Waals surface area (Å²) in [5.74, 6) is 1.76. The van der Waals surface area contributed by atoms with Crippen LogP contribution in [0.3, 0.4) is 0 Å². The Hall–Kier alpha value is -3.26. The van der Waals surface area contributed by atoms with Crippen LogP contribution in [0.5, 0.6) is 5.75 Å². The summed E-state index contributed by atoms with van der Waals surface area (Å²) in [6, 6.07) is 15.4. The van der Waals surface area contributed by atoms with Crippen LogP contribution in [0.4, 0.5) is 0 Å². The minimum atomic E-state index is -1.20. The van der Waals surface area contributed by atoms with Crippen molar-refractivity contribution in [3.63, 3.8) is 0 Å². The molecule has 2 aromatic carbocycles. The molecule has 1 atom stereocenters. The number of amides is 1. The summed E-state index contributed by atoms with van der Waals surface area (Å²) in [5, 5.41) is 3.02. The molecule has 0 bridgehead atoms. The van der Waals surface area contributed by atoms with E-state index in [0.29, 0.717) is 16.9 Å². The van der Waals surface area contributed by atoms with Crippen LogP contribution in [0.1, 0.15) is 56.6 Å². The molecule has 1 N–H and O–H groups in total. The Morgan fingerprint density at radius 1 is 1.00 bits per heavy atom. The van der Waals surface area contributed by atoms with E-state index in [0.717, 1.165) is 0 Å². The topological polar surface area (TPSA) is 64.6 Å². The SMILES string of the molecule is C#CCOc1ccccc1C(OC(=O)c1ccccc1)C(=O)NC(C)(C)C(C)(C)C. The van der Waals surface area contributed by atoms with Crippen LogP contribution in [0, 0.1) is 17.8 Å². The predicted molar refractivity (Wildman–Crippen MR) is 117 cm³/mol. The normalized spacial score (nSPS) is 12.4. The number of para-hydroxylation sites is 1. The third-order valence-corrected chi connectivity index (χ3v) is 5.30. The lowest BCUT2D eigenvalue weighted by Crippen LogP contribution is -2.54. The average molecular weight is 408 g/mol. The third-order valence-electron chi connectivity index (χ3n) is 5.30. The molecular weight excluding hydrogens is 378 g/mol. The molecule has 0 heterocycles. The highest BCUT2D eigenvalue weighted by Crippen LogP contribution is 2.33. The zero-order valence-electron chi connectivity index (χ0n) is 18.2. The van der Waals surface area contributed by atoms with Gasteiger partial charge >= 0.3 is 5.97 Å². The summed E-state index contributed by atoms with van der Waals surface area (Å²) in [6.45, 7) is 9.99. The van der Waals surface area contributed by atoms with Gasteiger partial charge in [-0.3, -0.25) is 4.79 Å². The van der Waals surface area contributed by atoms with Gasteiger partial charge in [0, 0.05) is 11.1 Å². The van der Waals surface area contributed by atoms with Crippen LogP contribution in [-0.4, -0.2) is 24.0 Å². The molecule has 0 saturated heterocycles. The van der Waals surface area contributed by atoms with E-state index < -0.39 is 23.5 Å². The van der Waals surface area contributed by atoms with Gasteiger partial charge in [0.1, 0.15) is 12.4 Å². The first-order valence-electron chi connectivity index (χ1n) is 9.80. The number of terminal acetylenes is 1. The number of esters is 1. The smallest absolute Gasteiger partial charge is 0.339 e. The second-order valence-corrected chi connectivity index (χ2v) is 8.55. The van der Waals surface area contributed by atoms with E-state index in [1.807, 2.05) is 34.6 Å². The van der Waals surface area contributed by atoms with Gasteiger partial charge in [-0.05, 0) is 37.5 Å². The molecular formula is C25H29NO4. The van der Waals surface area contributed by atoms with Gasteiger partial charge < -0.3 is 14.8 Å². The largest absolute Gasteiger partial charge is 0.481 e. The summed E-state index contributed by atoms with van der Waals surface area (Å²) < 4.78 is 11.3. The van der Waals surface area contributed by atoms with Crippen LogP contribution in [-0.2, 0) is 9.53 Å². The lowest BCUT2D eigenvalue weighted by Gasteiger charge is -2.40. The molecule has 0 aliphatic rings. The van der Waals surface area contributed by atoms with Gasteiger partial charge in [-0.2, -0.15) is 0 Å².